The number of carbonyl (C=O) groups is 1. The second-order valence-electron chi connectivity index (χ2n) is 6.00. The maximum Gasteiger partial charge on any atom is 0.281 e. The minimum atomic E-state index is -0.575. The molecule has 29 heavy (non-hydrogen) atoms. The molecule has 0 saturated heterocycles. The zero-order valence-electron chi connectivity index (χ0n) is 15.3. The molecule has 0 spiro atoms. The van der Waals surface area contributed by atoms with Crippen LogP contribution in [0.25, 0.3) is 11.3 Å². The van der Waals surface area contributed by atoms with Crippen LogP contribution in [0.1, 0.15) is 22.2 Å². The molecule has 0 atom stereocenters. The molecular formula is C19H14Cl3N3O3S. The van der Waals surface area contributed by atoms with E-state index in [1.807, 2.05) is 24.5 Å². The van der Waals surface area contributed by atoms with Gasteiger partial charge in [-0.3, -0.25) is 14.9 Å². The number of nitro groups is 1. The van der Waals surface area contributed by atoms with Gasteiger partial charge in [0, 0.05) is 29.1 Å². The molecule has 0 aliphatic heterocycles. The number of nitro benzene ring substituents is 1. The third kappa shape index (κ3) is 4.38. The Kier molecular flexibility index (Phi) is 6.43. The summed E-state index contributed by atoms with van der Waals surface area (Å²) < 4.78 is 1.90. The number of benzene rings is 2. The van der Waals surface area contributed by atoms with E-state index in [0.717, 1.165) is 22.2 Å². The molecule has 150 valence electrons. The molecule has 3 rings (SSSR count). The molecular weight excluding hydrogens is 457 g/mol. The van der Waals surface area contributed by atoms with Crippen LogP contribution < -0.4 is 4.80 Å². The number of thiazole rings is 1. The Bertz CT molecular complexity index is 1200. The van der Waals surface area contributed by atoms with Gasteiger partial charge >= 0.3 is 0 Å². The third-order valence-corrected chi connectivity index (χ3v) is 6.22. The Labute approximate surface area is 185 Å². The fourth-order valence-corrected chi connectivity index (χ4v) is 4.45. The van der Waals surface area contributed by atoms with E-state index in [1.54, 1.807) is 12.1 Å². The molecule has 0 N–H and O–H groups in total. The van der Waals surface area contributed by atoms with Crippen molar-refractivity contribution in [2.45, 2.75) is 20.4 Å². The SMILES string of the molecule is CCn1c(-c2ccc(Cl)c(Cl)c2)c(C)sc1=NC(=O)c1ccc([N+](=O)[O-])cc1Cl. The van der Waals surface area contributed by atoms with Crippen molar-refractivity contribution < 1.29 is 9.72 Å². The van der Waals surface area contributed by atoms with Crippen molar-refractivity contribution in [3.05, 3.63) is 76.8 Å². The summed E-state index contributed by atoms with van der Waals surface area (Å²) in [4.78, 5) is 28.6. The van der Waals surface area contributed by atoms with Crippen LogP contribution in [-0.4, -0.2) is 15.4 Å². The fraction of sp³-hybridized carbons (Fsp3) is 0.158. The number of aromatic nitrogens is 1. The molecule has 0 bridgehead atoms. The predicted octanol–water partition coefficient (Wildman–Crippen LogP) is 6.15. The predicted molar refractivity (Wildman–Crippen MR) is 116 cm³/mol. The van der Waals surface area contributed by atoms with Crippen molar-refractivity contribution in [2.24, 2.45) is 4.99 Å². The lowest BCUT2D eigenvalue weighted by Gasteiger charge is -2.08. The van der Waals surface area contributed by atoms with Gasteiger partial charge in [-0.1, -0.05) is 40.9 Å². The Hall–Kier alpha value is -2.19. The van der Waals surface area contributed by atoms with E-state index in [9.17, 15) is 14.9 Å². The van der Waals surface area contributed by atoms with E-state index < -0.39 is 10.8 Å². The van der Waals surface area contributed by atoms with Crippen molar-refractivity contribution in [1.82, 2.24) is 4.57 Å². The Morgan fingerprint density at radius 3 is 2.45 bits per heavy atom. The molecule has 0 saturated carbocycles. The zero-order valence-corrected chi connectivity index (χ0v) is 18.4. The van der Waals surface area contributed by atoms with E-state index in [1.165, 1.54) is 23.5 Å². The van der Waals surface area contributed by atoms with E-state index in [2.05, 4.69) is 4.99 Å². The van der Waals surface area contributed by atoms with E-state index in [4.69, 9.17) is 34.8 Å². The van der Waals surface area contributed by atoms with Crippen molar-refractivity contribution in [1.29, 1.82) is 0 Å². The quantitative estimate of drug-likeness (QED) is 0.339. The van der Waals surface area contributed by atoms with Crippen molar-refractivity contribution in [2.75, 3.05) is 0 Å². The number of aryl methyl sites for hydroxylation is 1. The first-order chi connectivity index (χ1) is 13.7. The summed E-state index contributed by atoms with van der Waals surface area (Å²) in [6.07, 6.45) is 0. The molecule has 0 radical (unpaired) electrons. The number of halogens is 3. The van der Waals surface area contributed by atoms with Gasteiger partial charge in [-0.25, -0.2) is 0 Å². The molecule has 1 amide bonds. The number of amides is 1. The molecule has 10 heteroatoms. The Balaban J connectivity index is 2.09. The minimum Gasteiger partial charge on any atom is -0.316 e. The molecule has 0 aliphatic rings. The van der Waals surface area contributed by atoms with Crippen LogP contribution in [0, 0.1) is 17.0 Å². The number of hydrogen-bond donors (Lipinski definition) is 0. The van der Waals surface area contributed by atoms with Crippen LogP contribution >= 0.6 is 46.1 Å². The minimum absolute atomic E-state index is 0.0195. The maximum atomic E-state index is 12.7. The van der Waals surface area contributed by atoms with Crippen LogP contribution in [0.4, 0.5) is 5.69 Å². The molecule has 2 aromatic carbocycles. The highest BCUT2D eigenvalue weighted by Crippen LogP contribution is 2.31. The summed E-state index contributed by atoms with van der Waals surface area (Å²) in [5, 5.41) is 11.7. The molecule has 3 aromatic rings. The van der Waals surface area contributed by atoms with Crippen molar-refractivity contribution in [3.63, 3.8) is 0 Å². The lowest BCUT2D eigenvalue weighted by Crippen LogP contribution is -2.17. The topological polar surface area (TPSA) is 77.5 Å². The third-order valence-electron chi connectivity index (χ3n) is 4.18. The highest BCUT2D eigenvalue weighted by molar-refractivity contribution is 7.09. The standard InChI is InChI=1S/C19H14Cl3N3O3S/c1-3-24-17(11-4-7-14(20)16(22)8-11)10(2)29-19(24)23-18(26)13-6-5-12(25(27)28)9-15(13)21/h4-9H,3H2,1-2H3. The second-order valence-corrected chi connectivity index (χ2v) is 8.40. The molecule has 6 nitrogen and oxygen atoms in total. The van der Waals surface area contributed by atoms with Crippen molar-refractivity contribution >= 4 is 57.7 Å². The van der Waals surface area contributed by atoms with Gasteiger partial charge in [0.05, 0.1) is 31.2 Å². The number of hydrogen-bond acceptors (Lipinski definition) is 4. The lowest BCUT2D eigenvalue weighted by atomic mass is 10.1. The normalized spacial score (nSPS) is 11.7. The number of nitrogens with zero attached hydrogens (tertiary/aromatic N) is 3. The number of carbonyl (C=O) groups excluding carboxylic acids is 1. The molecule has 1 aromatic heterocycles. The van der Waals surface area contributed by atoms with E-state index in [-0.39, 0.29) is 16.3 Å². The highest BCUT2D eigenvalue weighted by atomic mass is 35.5. The summed E-state index contributed by atoms with van der Waals surface area (Å²) in [5.41, 5.74) is 1.65. The van der Waals surface area contributed by atoms with Crippen LogP contribution in [-0.2, 0) is 6.54 Å². The summed E-state index contributed by atoms with van der Waals surface area (Å²) in [6, 6.07) is 9.01. The summed E-state index contributed by atoms with van der Waals surface area (Å²) in [5.74, 6) is -0.575. The first-order valence-corrected chi connectivity index (χ1v) is 10.4. The van der Waals surface area contributed by atoms with Gasteiger partial charge in [-0.15, -0.1) is 11.3 Å². The van der Waals surface area contributed by atoms with Gasteiger partial charge in [-0.2, -0.15) is 4.99 Å². The zero-order chi connectivity index (χ0) is 21.3. The molecule has 0 aliphatic carbocycles. The summed E-state index contributed by atoms with van der Waals surface area (Å²) in [7, 11) is 0. The van der Waals surface area contributed by atoms with Gasteiger partial charge in [0.2, 0.25) is 0 Å². The smallest absolute Gasteiger partial charge is 0.281 e. The second kappa shape index (κ2) is 8.67. The molecule has 0 unspecified atom stereocenters. The van der Waals surface area contributed by atoms with E-state index >= 15 is 0 Å². The number of non-ortho nitro benzene ring substituents is 1. The van der Waals surface area contributed by atoms with Gasteiger partial charge in [0.1, 0.15) is 0 Å². The largest absolute Gasteiger partial charge is 0.316 e. The monoisotopic (exact) mass is 469 g/mol. The van der Waals surface area contributed by atoms with Crippen LogP contribution in [0.3, 0.4) is 0 Å². The molecule has 1 heterocycles. The van der Waals surface area contributed by atoms with E-state index in [0.29, 0.717) is 21.4 Å². The number of rotatable bonds is 4. The average molecular weight is 471 g/mol. The highest BCUT2D eigenvalue weighted by Gasteiger charge is 2.17. The van der Waals surface area contributed by atoms with Crippen LogP contribution in [0.5, 0.6) is 0 Å². The van der Waals surface area contributed by atoms with Gasteiger partial charge in [0.15, 0.2) is 4.80 Å². The fourth-order valence-electron chi connectivity index (χ4n) is 2.84. The summed E-state index contributed by atoms with van der Waals surface area (Å²) in [6.45, 7) is 4.44. The Morgan fingerprint density at radius 2 is 1.86 bits per heavy atom. The van der Waals surface area contributed by atoms with Gasteiger partial charge in [0.25, 0.3) is 11.6 Å². The first-order valence-electron chi connectivity index (χ1n) is 8.41. The van der Waals surface area contributed by atoms with Crippen LogP contribution in [0.2, 0.25) is 15.1 Å². The first kappa shape index (κ1) is 21.5. The summed E-state index contributed by atoms with van der Waals surface area (Å²) >= 11 is 19.6. The van der Waals surface area contributed by atoms with Crippen LogP contribution in [0.15, 0.2) is 41.4 Å². The van der Waals surface area contributed by atoms with Crippen molar-refractivity contribution in [3.8, 4) is 11.3 Å². The Morgan fingerprint density at radius 1 is 1.14 bits per heavy atom. The maximum absolute atomic E-state index is 12.7. The van der Waals surface area contributed by atoms with Gasteiger partial charge < -0.3 is 4.57 Å². The van der Waals surface area contributed by atoms with Gasteiger partial charge in [-0.05, 0) is 32.0 Å². The molecule has 0 fully saturated rings. The average Bonchev–Trinajstić information content (AvgIpc) is 2.98. The lowest BCUT2D eigenvalue weighted by molar-refractivity contribution is -0.384.